The van der Waals surface area contributed by atoms with Crippen molar-refractivity contribution >= 4 is 29.6 Å². The maximum atomic E-state index is 8.75. The van der Waals surface area contributed by atoms with Crippen LogP contribution in [0.3, 0.4) is 0 Å². The maximum absolute atomic E-state index is 8.75. The summed E-state index contributed by atoms with van der Waals surface area (Å²) in [5, 5.41) is 8.75. The molecule has 0 fully saturated rings. The number of aromatic nitrogens is 2. The van der Waals surface area contributed by atoms with Crippen LogP contribution in [0.5, 0.6) is 5.88 Å². The number of rotatable bonds is 0. The van der Waals surface area contributed by atoms with Gasteiger partial charge in [-0.1, -0.05) is 0 Å². The summed E-state index contributed by atoms with van der Waals surface area (Å²) in [5.74, 6) is 0.00694. The first-order valence-corrected chi connectivity index (χ1v) is 2.27. The number of aryl methyl sites for hydroxylation is 1. The van der Waals surface area contributed by atoms with Gasteiger partial charge in [-0.2, -0.15) is 0 Å². The van der Waals surface area contributed by atoms with Gasteiger partial charge in [0.1, 0.15) is 0 Å². The second-order valence-electron chi connectivity index (χ2n) is 1.47. The molecular formula is C5H7N2NaO. The fourth-order valence-electron chi connectivity index (χ4n) is 0.400. The van der Waals surface area contributed by atoms with Crippen molar-refractivity contribution in [2.45, 2.75) is 6.92 Å². The van der Waals surface area contributed by atoms with Crippen LogP contribution in [-0.4, -0.2) is 44.6 Å². The first kappa shape index (κ1) is 8.88. The van der Waals surface area contributed by atoms with E-state index in [0.29, 0.717) is 5.69 Å². The van der Waals surface area contributed by atoms with Crippen molar-refractivity contribution in [1.82, 2.24) is 9.97 Å². The molecule has 0 aliphatic heterocycles. The summed E-state index contributed by atoms with van der Waals surface area (Å²) in [6, 6.07) is 0. The molecule has 4 heteroatoms. The summed E-state index contributed by atoms with van der Waals surface area (Å²) < 4.78 is 0. The Morgan fingerprint density at radius 2 is 1.89 bits per heavy atom. The van der Waals surface area contributed by atoms with Crippen LogP contribution in [0, 0.1) is 6.92 Å². The van der Waals surface area contributed by atoms with Crippen molar-refractivity contribution in [2.24, 2.45) is 0 Å². The van der Waals surface area contributed by atoms with Crippen LogP contribution in [0.15, 0.2) is 12.4 Å². The van der Waals surface area contributed by atoms with Gasteiger partial charge >= 0.3 is 29.6 Å². The third kappa shape index (κ3) is 2.30. The van der Waals surface area contributed by atoms with E-state index in [4.69, 9.17) is 5.11 Å². The van der Waals surface area contributed by atoms with Gasteiger partial charge in [-0.05, 0) is 6.92 Å². The minimum atomic E-state index is 0. The molecule has 1 aromatic heterocycles. The molecule has 0 bridgehead atoms. The Morgan fingerprint density at radius 1 is 1.33 bits per heavy atom. The van der Waals surface area contributed by atoms with Gasteiger partial charge in [-0.3, -0.25) is 4.98 Å². The van der Waals surface area contributed by atoms with Gasteiger partial charge in [0.25, 0.3) is 0 Å². The molecule has 0 amide bonds. The quantitative estimate of drug-likeness (QED) is 0.501. The van der Waals surface area contributed by atoms with Crippen molar-refractivity contribution in [3.63, 3.8) is 0 Å². The predicted octanol–water partition coefficient (Wildman–Crippen LogP) is -0.158. The molecule has 0 aromatic carbocycles. The molecule has 0 aliphatic rings. The molecule has 1 rings (SSSR count). The van der Waals surface area contributed by atoms with Gasteiger partial charge in [-0.25, -0.2) is 4.98 Å². The molecular weight excluding hydrogens is 127 g/mol. The first-order chi connectivity index (χ1) is 3.80. The van der Waals surface area contributed by atoms with E-state index in [1.165, 1.54) is 12.4 Å². The topological polar surface area (TPSA) is 46.0 Å². The van der Waals surface area contributed by atoms with Crippen LogP contribution in [0.25, 0.3) is 0 Å². The van der Waals surface area contributed by atoms with E-state index in [-0.39, 0.29) is 35.4 Å². The van der Waals surface area contributed by atoms with Crippen LogP contribution in [0.2, 0.25) is 0 Å². The molecule has 1 aromatic rings. The second-order valence-corrected chi connectivity index (χ2v) is 1.47. The normalized spacial score (nSPS) is 8.11. The fourth-order valence-corrected chi connectivity index (χ4v) is 0.400. The number of hydrogen-bond donors (Lipinski definition) is 1. The molecule has 0 saturated carbocycles. The predicted molar refractivity (Wildman–Crippen MR) is 35.6 cm³/mol. The van der Waals surface area contributed by atoms with Crippen molar-refractivity contribution in [1.29, 1.82) is 0 Å². The molecule has 0 radical (unpaired) electrons. The van der Waals surface area contributed by atoms with Crippen LogP contribution in [0.1, 0.15) is 5.69 Å². The standard InChI is InChI=1S/C5H6N2O.Na.H/c1-4-5(8)7-3-2-6-4;;/h2-3H,1H3,(H,7,8);;. The molecule has 0 saturated heterocycles. The summed E-state index contributed by atoms with van der Waals surface area (Å²) in [4.78, 5) is 7.34. The first-order valence-electron chi connectivity index (χ1n) is 2.27. The molecule has 1 N–H and O–H groups in total. The Hall–Kier alpha value is -0.120. The summed E-state index contributed by atoms with van der Waals surface area (Å²) in [6.07, 6.45) is 2.98. The van der Waals surface area contributed by atoms with Gasteiger partial charge in [0.2, 0.25) is 5.88 Å². The number of hydrogen-bond acceptors (Lipinski definition) is 3. The summed E-state index contributed by atoms with van der Waals surface area (Å²) in [6.45, 7) is 1.70. The number of nitrogens with zero attached hydrogens (tertiary/aromatic N) is 2. The number of aromatic hydroxyl groups is 1. The summed E-state index contributed by atoms with van der Waals surface area (Å²) >= 11 is 0. The van der Waals surface area contributed by atoms with Crippen molar-refractivity contribution in [3.8, 4) is 5.88 Å². The Morgan fingerprint density at radius 3 is 2.22 bits per heavy atom. The van der Waals surface area contributed by atoms with Crippen molar-refractivity contribution < 1.29 is 5.11 Å². The zero-order valence-electron chi connectivity index (χ0n) is 4.50. The molecule has 0 unspecified atom stereocenters. The van der Waals surface area contributed by atoms with E-state index in [1.54, 1.807) is 6.92 Å². The minimum absolute atomic E-state index is 0. The SMILES string of the molecule is Cc1nccnc1O.[NaH]. The third-order valence-electron chi connectivity index (χ3n) is 0.855. The van der Waals surface area contributed by atoms with E-state index in [1.807, 2.05) is 0 Å². The van der Waals surface area contributed by atoms with Crippen LogP contribution >= 0.6 is 0 Å². The molecule has 0 spiro atoms. The average Bonchev–Trinajstić information content (AvgIpc) is 1.77. The molecule has 44 valence electrons. The zero-order chi connectivity index (χ0) is 5.98. The van der Waals surface area contributed by atoms with E-state index >= 15 is 0 Å². The summed E-state index contributed by atoms with van der Waals surface area (Å²) in [7, 11) is 0. The van der Waals surface area contributed by atoms with E-state index in [2.05, 4.69) is 9.97 Å². The molecule has 1 heterocycles. The van der Waals surface area contributed by atoms with Crippen LogP contribution in [-0.2, 0) is 0 Å². The second kappa shape index (κ2) is 3.82. The van der Waals surface area contributed by atoms with Crippen molar-refractivity contribution in [3.05, 3.63) is 18.1 Å². The monoisotopic (exact) mass is 134 g/mol. The molecule has 0 atom stereocenters. The van der Waals surface area contributed by atoms with Gasteiger partial charge in [-0.15, -0.1) is 0 Å². The van der Waals surface area contributed by atoms with Crippen molar-refractivity contribution in [2.75, 3.05) is 0 Å². The zero-order valence-corrected chi connectivity index (χ0v) is 4.50. The Labute approximate surface area is 75.4 Å². The van der Waals surface area contributed by atoms with Gasteiger partial charge in [0.15, 0.2) is 0 Å². The van der Waals surface area contributed by atoms with Gasteiger partial charge in [0.05, 0.1) is 5.69 Å². The Kier molecular flexibility index (Phi) is 3.77. The molecule has 3 nitrogen and oxygen atoms in total. The third-order valence-corrected chi connectivity index (χ3v) is 0.855. The van der Waals surface area contributed by atoms with Crippen LogP contribution < -0.4 is 0 Å². The molecule has 9 heavy (non-hydrogen) atoms. The van der Waals surface area contributed by atoms with Crippen LogP contribution in [0.4, 0.5) is 0 Å². The van der Waals surface area contributed by atoms with E-state index < -0.39 is 0 Å². The Bertz CT molecular complexity index is 171. The fraction of sp³-hybridized carbons (Fsp3) is 0.200. The van der Waals surface area contributed by atoms with Gasteiger partial charge in [0, 0.05) is 12.4 Å². The summed E-state index contributed by atoms with van der Waals surface area (Å²) in [5.41, 5.74) is 0.563. The van der Waals surface area contributed by atoms with E-state index in [0.717, 1.165) is 0 Å². The molecule has 0 aliphatic carbocycles. The Balaban J connectivity index is 0.000000640. The average molecular weight is 134 g/mol. The van der Waals surface area contributed by atoms with E-state index in [9.17, 15) is 0 Å². The van der Waals surface area contributed by atoms with Gasteiger partial charge < -0.3 is 5.11 Å².